The summed E-state index contributed by atoms with van der Waals surface area (Å²) < 4.78 is 55.9. The van der Waals surface area contributed by atoms with Crippen LogP contribution in [0.4, 0.5) is 17.6 Å². The van der Waals surface area contributed by atoms with E-state index in [2.05, 4.69) is 15.2 Å². The summed E-state index contributed by atoms with van der Waals surface area (Å²) in [6, 6.07) is 12.4. The second-order valence-electron chi connectivity index (χ2n) is 10.7. The van der Waals surface area contributed by atoms with E-state index in [1.165, 1.54) is 36.9 Å². The number of aromatic nitrogens is 5. The molecular formula is C32H31F4N5O2S. The third kappa shape index (κ3) is 7.19. The minimum Gasteiger partial charge on any atom is -0.388 e. The molecule has 7 nitrogen and oxygen atoms in total. The summed E-state index contributed by atoms with van der Waals surface area (Å²) in [4.78, 5) is 17.2. The van der Waals surface area contributed by atoms with E-state index in [9.17, 15) is 27.5 Å². The van der Waals surface area contributed by atoms with E-state index in [1.54, 1.807) is 6.08 Å². The van der Waals surface area contributed by atoms with Crippen LogP contribution in [0.2, 0.25) is 0 Å². The summed E-state index contributed by atoms with van der Waals surface area (Å²) in [5.41, 5.74) is 3.91. The summed E-state index contributed by atoms with van der Waals surface area (Å²) in [7, 11) is 0. The zero-order valence-electron chi connectivity index (χ0n) is 24.2. The largest absolute Gasteiger partial charge is 0.416 e. The number of halogens is 4. The van der Waals surface area contributed by atoms with Gasteiger partial charge in [-0.2, -0.15) is 18.2 Å². The Morgan fingerprint density at radius 3 is 2.23 bits per heavy atom. The second kappa shape index (κ2) is 13.3. The van der Waals surface area contributed by atoms with Crippen LogP contribution in [0.1, 0.15) is 54.3 Å². The summed E-state index contributed by atoms with van der Waals surface area (Å²) >= 11 is 1.39. The van der Waals surface area contributed by atoms with Crippen LogP contribution in [-0.2, 0) is 38.7 Å². The van der Waals surface area contributed by atoms with Crippen LogP contribution in [-0.4, -0.2) is 35.2 Å². The molecule has 0 saturated carbocycles. The average Bonchev–Trinajstić information content (AvgIpc) is 3.64. The van der Waals surface area contributed by atoms with Crippen molar-refractivity contribution in [1.29, 1.82) is 0 Å². The molecule has 230 valence electrons. The maximum absolute atomic E-state index is 13.2. The molecule has 0 unspecified atom stereocenters. The molecule has 0 bridgehead atoms. The Morgan fingerprint density at radius 1 is 0.932 bits per heavy atom. The van der Waals surface area contributed by atoms with Gasteiger partial charge in [0.15, 0.2) is 16.8 Å². The van der Waals surface area contributed by atoms with Crippen molar-refractivity contribution >= 4 is 11.8 Å². The highest BCUT2D eigenvalue weighted by molar-refractivity contribution is 7.99. The molecule has 0 fully saturated rings. The van der Waals surface area contributed by atoms with Crippen molar-refractivity contribution in [2.75, 3.05) is 5.75 Å². The first kappa shape index (κ1) is 31.4. The molecule has 1 aliphatic carbocycles. The minimum atomic E-state index is -4.39. The van der Waals surface area contributed by atoms with E-state index in [-0.39, 0.29) is 24.5 Å². The number of fused-ring (bicyclic) bond motifs is 1. The van der Waals surface area contributed by atoms with E-state index >= 15 is 0 Å². The first-order valence-corrected chi connectivity index (χ1v) is 15.1. The maximum Gasteiger partial charge on any atom is 0.416 e. The number of aliphatic hydroxyl groups excluding tert-OH is 1. The predicted octanol–water partition coefficient (Wildman–Crippen LogP) is 6.51. The molecule has 5 rings (SSSR count). The van der Waals surface area contributed by atoms with Crippen molar-refractivity contribution < 1.29 is 22.7 Å². The van der Waals surface area contributed by atoms with Gasteiger partial charge in [0.1, 0.15) is 6.61 Å². The van der Waals surface area contributed by atoms with E-state index in [4.69, 9.17) is 0 Å². The van der Waals surface area contributed by atoms with Gasteiger partial charge in [-0.15, -0.1) is 10.2 Å². The molecule has 1 aliphatic rings. The Bertz CT molecular complexity index is 1750. The molecule has 0 amide bonds. The first-order valence-electron chi connectivity index (χ1n) is 14.1. The van der Waals surface area contributed by atoms with Crippen LogP contribution in [0.3, 0.4) is 0 Å². The molecule has 12 heteroatoms. The SMILES string of the molecule is C/C(F)=C\C=C(/C)CSc1nc(=O)c2c(n1Cc1nnc(CO)n1Cc1ccc(-c3ccc(C(F)(F)F)cc3)cc1)CCC2. The molecule has 44 heavy (non-hydrogen) atoms. The number of thioether (sulfide) groups is 1. The highest BCUT2D eigenvalue weighted by Crippen LogP contribution is 2.31. The molecular weight excluding hydrogens is 594 g/mol. The predicted molar refractivity (Wildman–Crippen MR) is 161 cm³/mol. The zero-order chi connectivity index (χ0) is 31.4. The number of benzene rings is 2. The molecule has 0 aliphatic heterocycles. The fourth-order valence-corrected chi connectivity index (χ4v) is 6.04. The summed E-state index contributed by atoms with van der Waals surface area (Å²) in [5, 5.41) is 19.1. The molecule has 2 aromatic carbocycles. The Balaban J connectivity index is 1.41. The Morgan fingerprint density at radius 2 is 1.59 bits per heavy atom. The van der Waals surface area contributed by atoms with Crippen molar-refractivity contribution in [2.45, 2.75) is 64.1 Å². The molecule has 2 heterocycles. The summed E-state index contributed by atoms with van der Waals surface area (Å²) in [5.74, 6) is 1.16. The second-order valence-corrected chi connectivity index (χ2v) is 11.6. The van der Waals surface area contributed by atoms with Gasteiger partial charge >= 0.3 is 6.18 Å². The fraction of sp³-hybridized carbons (Fsp3) is 0.312. The lowest BCUT2D eigenvalue weighted by Gasteiger charge is -2.18. The number of aliphatic hydroxyl groups is 1. The molecule has 0 spiro atoms. The topological polar surface area (TPSA) is 85.8 Å². The standard InChI is InChI=1S/C32H31F4N5O2S/c1-20(6-7-21(2)33)19-44-31-37-30(43)26-4-3-5-27(26)40(31)17-28-38-39-29(18-42)41(28)16-22-8-10-23(11-9-22)24-12-14-25(15-13-24)32(34,35)36/h6-15,42H,3-5,16-19H2,1-2H3/b20-6+,21-7+. The zero-order valence-corrected chi connectivity index (χ0v) is 25.1. The van der Waals surface area contributed by atoms with E-state index in [0.29, 0.717) is 46.7 Å². The van der Waals surface area contributed by atoms with Crippen molar-refractivity contribution in [2.24, 2.45) is 0 Å². The van der Waals surface area contributed by atoms with Gasteiger partial charge in [0.25, 0.3) is 5.56 Å². The van der Waals surface area contributed by atoms with Crippen molar-refractivity contribution in [1.82, 2.24) is 24.3 Å². The Kier molecular flexibility index (Phi) is 9.50. The number of nitrogens with zero attached hydrogens (tertiary/aromatic N) is 5. The number of alkyl halides is 3. The first-order chi connectivity index (χ1) is 21.0. The van der Waals surface area contributed by atoms with Crippen molar-refractivity contribution in [3.63, 3.8) is 0 Å². The third-order valence-corrected chi connectivity index (χ3v) is 8.58. The van der Waals surface area contributed by atoms with Gasteiger partial charge in [-0.1, -0.05) is 59.8 Å². The number of hydrogen-bond donors (Lipinski definition) is 1. The van der Waals surface area contributed by atoms with Gasteiger partial charge < -0.3 is 14.2 Å². The van der Waals surface area contributed by atoms with Crippen LogP contribution >= 0.6 is 11.8 Å². The van der Waals surface area contributed by atoms with Crippen molar-refractivity contribution in [3.8, 4) is 11.1 Å². The lowest BCUT2D eigenvalue weighted by molar-refractivity contribution is -0.137. The molecule has 1 N–H and O–H groups in total. The Hall–Kier alpha value is -4.03. The number of allylic oxidation sites excluding steroid dienone is 3. The van der Waals surface area contributed by atoms with Crippen LogP contribution in [0, 0.1) is 0 Å². The van der Waals surface area contributed by atoms with Gasteiger partial charge in [0.05, 0.1) is 24.5 Å². The highest BCUT2D eigenvalue weighted by Gasteiger charge is 2.30. The van der Waals surface area contributed by atoms with E-state index in [0.717, 1.165) is 47.4 Å². The van der Waals surface area contributed by atoms with Gasteiger partial charge in [-0.3, -0.25) is 4.79 Å². The van der Waals surface area contributed by atoms with Gasteiger partial charge in [-0.25, -0.2) is 4.39 Å². The normalized spacial score (nSPS) is 13.9. The van der Waals surface area contributed by atoms with Crippen LogP contribution in [0.15, 0.2) is 82.0 Å². The van der Waals surface area contributed by atoms with Crippen molar-refractivity contribution in [3.05, 3.63) is 116 Å². The lowest BCUT2D eigenvalue weighted by atomic mass is 10.0. The molecule has 0 atom stereocenters. The molecule has 2 aromatic heterocycles. The monoisotopic (exact) mass is 625 g/mol. The van der Waals surface area contributed by atoms with E-state index < -0.39 is 11.7 Å². The Labute approximate surface area is 256 Å². The van der Waals surface area contributed by atoms with Crippen LogP contribution < -0.4 is 5.56 Å². The minimum absolute atomic E-state index is 0.233. The molecule has 0 radical (unpaired) electrons. The maximum atomic E-state index is 13.2. The highest BCUT2D eigenvalue weighted by atomic mass is 32.2. The fourth-order valence-electron chi connectivity index (χ4n) is 5.11. The number of rotatable bonds is 10. The van der Waals surface area contributed by atoms with Gasteiger partial charge in [-0.05, 0) is 68.0 Å². The average molecular weight is 626 g/mol. The molecule has 4 aromatic rings. The van der Waals surface area contributed by atoms with Gasteiger partial charge in [0.2, 0.25) is 0 Å². The summed E-state index contributed by atoms with van der Waals surface area (Å²) in [6.45, 7) is 3.56. The van der Waals surface area contributed by atoms with Gasteiger partial charge in [0, 0.05) is 17.0 Å². The van der Waals surface area contributed by atoms with Crippen LogP contribution in [0.5, 0.6) is 0 Å². The smallest absolute Gasteiger partial charge is 0.388 e. The lowest BCUT2D eigenvalue weighted by Crippen LogP contribution is -2.23. The van der Waals surface area contributed by atoms with Crippen LogP contribution in [0.25, 0.3) is 11.1 Å². The third-order valence-electron chi connectivity index (χ3n) is 7.41. The van der Waals surface area contributed by atoms with E-state index in [1.807, 2.05) is 40.3 Å². The summed E-state index contributed by atoms with van der Waals surface area (Å²) in [6.07, 6.45) is 0.938. The quantitative estimate of drug-likeness (QED) is 0.0937. The molecule has 0 saturated heterocycles. The number of hydrogen-bond acceptors (Lipinski definition) is 6.